The molecule has 2 atom stereocenters. The van der Waals surface area contributed by atoms with Gasteiger partial charge in [0.05, 0.1) is 17.9 Å². The van der Waals surface area contributed by atoms with Gasteiger partial charge in [0, 0.05) is 17.4 Å². The maximum absolute atomic E-state index is 13.1. The lowest BCUT2D eigenvalue weighted by Gasteiger charge is -2.50. The fourth-order valence-corrected chi connectivity index (χ4v) is 6.46. The first-order chi connectivity index (χ1) is 18.7. The van der Waals surface area contributed by atoms with Crippen LogP contribution in [0.4, 0.5) is 5.13 Å². The minimum absolute atomic E-state index is 0.00330. The second-order valence-corrected chi connectivity index (χ2v) is 11.0. The zero-order valence-electron chi connectivity index (χ0n) is 19.6. The van der Waals surface area contributed by atoms with Gasteiger partial charge in [-0.25, -0.2) is 18.7 Å². The van der Waals surface area contributed by atoms with Crippen molar-refractivity contribution < 1.29 is 38.8 Å². The summed E-state index contributed by atoms with van der Waals surface area (Å²) in [6.07, 6.45) is 5.49. The number of amides is 2. The molecular formula is C22H18ClN7O7S2. The summed E-state index contributed by atoms with van der Waals surface area (Å²) in [6, 6.07) is 4.49. The summed E-state index contributed by atoms with van der Waals surface area (Å²) in [4.78, 5) is 58.8. The molecule has 1 fully saturated rings. The van der Waals surface area contributed by atoms with Gasteiger partial charge in [-0.05, 0) is 6.07 Å². The molecule has 0 aliphatic carbocycles. The predicted octanol–water partition coefficient (Wildman–Crippen LogP) is -1.17. The van der Waals surface area contributed by atoms with E-state index >= 15 is 0 Å². The van der Waals surface area contributed by atoms with Gasteiger partial charge in [0.2, 0.25) is 6.61 Å². The Labute approximate surface area is 232 Å². The minimum atomic E-state index is -1.51. The van der Waals surface area contributed by atoms with Gasteiger partial charge in [-0.3, -0.25) is 14.5 Å². The van der Waals surface area contributed by atoms with Crippen molar-refractivity contribution in [2.45, 2.75) is 18.0 Å². The van der Waals surface area contributed by atoms with Crippen LogP contribution < -0.4 is 20.7 Å². The van der Waals surface area contributed by atoms with Crippen molar-refractivity contribution in [3.8, 4) is 0 Å². The first kappa shape index (κ1) is 26.5. The van der Waals surface area contributed by atoms with E-state index in [1.165, 1.54) is 11.8 Å². The molecule has 3 aromatic heterocycles. The normalized spacial score (nSPS) is 19.1. The van der Waals surface area contributed by atoms with Crippen LogP contribution in [0.2, 0.25) is 4.34 Å². The van der Waals surface area contributed by atoms with Crippen LogP contribution in [0.15, 0.2) is 53.2 Å². The van der Waals surface area contributed by atoms with Crippen LogP contribution >= 0.6 is 34.7 Å². The van der Waals surface area contributed by atoms with Crippen LogP contribution in [0.5, 0.6) is 0 Å². The molecule has 0 unspecified atom stereocenters. The topological polar surface area (TPSA) is 196 Å². The number of nitrogen functional groups attached to an aromatic ring is 1. The summed E-state index contributed by atoms with van der Waals surface area (Å²) in [7, 11) is 0. The number of thiazole rings is 1. The molecule has 0 spiro atoms. The van der Waals surface area contributed by atoms with E-state index in [0.29, 0.717) is 5.57 Å². The van der Waals surface area contributed by atoms with E-state index in [-0.39, 0.29) is 33.2 Å². The molecule has 2 amide bonds. The number of imidazole rings is 1. The Bertz CT molecular complexity index is 1580. The van der Waals surface area contributed by atoms with Crippen molar-refractivity contribution >= 4 is 74.9 Å². The van der Waals surface area contributed by atoms with Gasteiger partial charge in [-0.15, -0.1) is 11.8 Å². The highest BCUT2D eigenvalue weighted by molar-refractivity contribution is 8.00. The van der Waals surface area contributed by atoms with Gasteiger partial charge in [0.25, 0.3) is 17.5 Å². The third kappa shape index (κ3) is 5.00. The Morgan fingerprint density at radius 1 is 1.36 bits per heavy atom. The number of aliphatic carboxylic acids is 2. The Hall–Kier alpha value is -4.15. The number of hydrogen-bond donors (Lipinski definition) is 3. The zero-order chi connectivity index (χ0) is 27.8. The first-order valence-electron chi connectivity index (χ1n) is 11.1. The van der Waals surface area contributed by atoms with Crippen molar-refractivity contribution in [1.82, 2.24) is 19.6 Å². The Morgan fingerprint density at radius 2 is 2.15 bits per heavy atom. The summed E-state index contributed by atoms with van der Waals surface area (Å²) in [5.41, 5.74) is 6.06. The maximum Gasteiger partial charge on any atom is 0.344 e. The number of nitrogens with zero attached hydrogens (tertiary/aromatic N) is 5. The molecule has 17 heteroatoms. The van der Waals surface area contributed by atoms with E-state index in [2.05, 4.69) is 15.5 Å². The van der Waals surface area contributed by atoms with E-state index in [1.807, 2.05) is 39.6 Å². The first-order valence-corrected chi connectivity index (χ1v) is 13.4. The number of hydrogen-bond acceptors (Lipinski definition) is 11. The smallest absolute Gasteiger partial charge is 0.344 e. The molecule has 0 bridgehead atoms. The predicted molar refractivity (Wildman–Crippen MR) is 136 cm³/mol. The van der Waals surface area contributed by atoms with Gasteiger partial charge in [0.1, 0.15) is 40.4 Å². The van der Waals surface area contributed by atoms with Crippen molar-refractivity contribution in [2.75, 3.05) is 18.1 Å². The number of carboxylic acids is 2. The van der Waals surface area contributed by atoms with Gasteiger partial charge >= 0.3 is 5.97 Å². The van der Waals surface area contributed by atoms with E-state index in [0.717, 1.165) is 21.9 Å². The molecule has 1 saturated heterocycles. The summed E-state index contributed by atoms with van der Waals surface area (Å²) < 4.78 is 3.72. The van der Waals surface area contributed by atoms with Crippen LogP contribution in [-0.4, -0.2) is 72.6 Å². The highest BCUT2D eigenvalue weighted by atomic mass is 35.5. The molecule has 39 heavy (non-hydrogen) atoms. The van der Waals surface area contributed by atoms with Gasteiger partial charge < -0.3 is 30.9 Å². The number of aromatic nitrogens is 3. The van der Waals surface area contributed by atoms with E-state index < -0.39 is 47.5 Å². The van der Waals surface area contributed by atoms with Crippen molar-refractivity contribution in [1.29, 1.82) is 0 Å². The van der Waals surface area contributed by atoms with Crippen molar-refractivity contribution in [3.63, 3.8) is 0 Å². The van der Waals surface area contributed by atoms with Gasteiger partial charge in [-0.1, -0.05) is 34.2 Å². The molecule has 0 saturated carbocycles. The molecule has 3 aromatic rings. The molecular weight excluding hydrogens is 574 g/mol. The number of β-lactam (4-membered cyclic amide) rings is 1. The second kappa shape index (κ2) is 10.5. The third-order valence-electron chi connectivity index (χ3n) is 5.84. The summed E-state index contributed by atoms with van der Waals surface area (Å²) in [5.74, 6) is -4.19. The molecule has 0 aromatic carbocycles. The molecule has 14 nitrogen and oxygen atoms in total. The number of carboxylic acid groups (broad SMARTS) is 2. The molecule has 2 aliphatic heterocycles. The number of carbonyl (C=O) groups is 4. The fraction of sp³-hybridized carbons (Fsp3) is 0.227. The average molecular weight is 592 g/mol. The maximum atomic E-state index is 13.1. The number of oxime groups is 1. The fourth-order valence-electron chi connectivity index (χ4n) is 4.19. The lowest BCUT2D eigenvalue weighted by molar-refractivity contribution is -0.662. The quantitative estimate of drug-likeness (QED) is 0.118. The number of fused-ring (bicyclic) bond motifs is 2. The Morgan fingerprint density at radius 3 is 2.85 bits per heavy atom. The van der Waals surface area contributed by atoms with Crippen LogP contribution in [-0.2, 0) is 30.6 Å². The molecule has 202 valence electrons. The van der Waals surface area contributed by atoms with E-state index in [1.54, 1.807) is 6.20 Å². The minimum Gasteiger partial charge on any atom is -0.543 e. The molecule has 0 radical (unpaired) electrons. The van der Waals surface area contributed by atoms with E-state index in [9.17, 15) is 24.3 Å². The third-order valence-corrected chi connectivity index (χ3v) is 8.27. The van der Waals surface area contributed by atoms with Crippen LogP contribution in [0.25, 0.3) is 5.65 Å². The summed E-state index contributed by atoms with van der Waals surface area (Å²) in [6.45, 7) is -0.633. The average Bonchev–Trinajstić information content (AvgIpc) is 3.46. The Kier molecular flexibility index (Phi) is 7.16. The summed E-state index contributed by atoms with van der Waals surface area (Å²) >= 11 is 8.22. The monoisotopic (exact) mass is 591 g/mol. The highest BCUT2D eigenvalue weighted by Crippen LogP contribution is 2.40. The lowest BCUT2D eigenvalue weighted by atomic mass is 10.0. The van der Waals surface area contributed by atoms with Crippen molar-refractivity contribution in [2.24, 2.45) is 5.16 Å². The zero-order valence-corrected chi connectivity index (χ0v) is 22.0. The molecule has 4 N–H and O–H groups in total. The number of halogens is 1. The number of anilines is 1. The number of nitrogens with two attached hydrogens (primary N) is 1. The second-order valence-electron chi connectivity index (χ2n) is 8.27. The van der Waals surface area contributed by atoms with Gasteiger partial charge in [-0.2, -0.15) is 0 Å². The SMILES string of the molecule is Nc1nc(/C(=N/OCC(=O)O)C(=O)N[C@@H]2C(=O)N3C(C(=O)[O-])=C(C[n+]4ccn5ccccc54)CS[C@H]23)c(Cl)s1. The molecule has 5 rings (SSSR count). The number of thioether (sulfide) groups is 1. The number of pyridine rings is 1. The van der Waals surface area contributed by atoms with E-state index in [4.69, 9.17) is 27.3 Å². The number of nitrogens with one attached hydrogen (secondary N) is 1. The largest absolute Gasteiger partial charge is 0.543 e. The number of carbonyl (C=O) groups excluding carboxylic acids is 3. The standard InChI is InChI=1S/C22H18ClN7O7S2/c23-17-13(26-22(24)39-17)14(27-37-8-12(31)32)18(33)25-15-19(34)30-16(21(35)36)10(9-38-20(15)30)7-29-6-5-28-4-2-1-3-11(28)29/h1-6,15,20H,7-9H2,(H4-,24,25,26,31,32,33,35,36)/b27-14-/t15-,20-/m1/s1. The number of rotatable bonds is 9. The van der Waals surface area contributed by atoms with Crippen LogP contribution in [0, 0.1) is 0 Å². The van der Waals surface area contributed by atoms with Crippen LogP contribution in [0.1, 0.15) is 5.69 Å². The van der Waals surface area contributed by atoms with Crippen LogP contribution in [0.3, 0.4) is 0 Å². The summed E-state index contributed by atoms with van der Waals surface area (Å²) in [5, 5.41) is 26.3. The van der Waals surface area contributed by atoms with Gasteiger partial charge in [0.15, 0.2) is 10.8 Å². The molecule has 5 heterocycles. The lowest BCUT2D eigenvalue weighted by Crippen LogP contribution is -2.71. The van der Waals surface area contributed by atoms with Crippen molar-refractivity contribution in [3.05, 3.63) is 58.1 Å². The molecule has 2 aliphatic rings. The Balaban J connectivity index is 1.37. The highest BCUT2D eigenvalue weighted by Gasteiger charge is 2.53.